The normalized spacial score (nSPS) is 10.1. The first-order valence-electron chi connectivity index (χ1n) is 5.34. The van der Waals surface area contributed by atoms with Crippen LogP contribution in [0, 0.1) is 12.7 Å². The van der Waals surface area contributed by atoms with Crippen LogP contribution in [-0.2, 0) is 0 Å². The Kier molecular flexibility index (Phi) is 3.28. The van der Waals surface area contributed by atoms with Gasteiger partial charge in [0.25, 0.3) is 0 Å². The third kappa shape index (κ3) is 2.48. The zero-order chi connectivity index (χ0) is 13.1. The summed E-state index contributed by atoms with van der Waals surface area (Å²) in [4.78, 5) is 11.0. The van der Waals surface area contributed by atoms with Crippen LogP contribution in [0.1, 0.15) is 15.9 Å². The summed E-state index contributed by atoms with van der Waals surface area (Å²) < 4.78 is 18.6. The number of carboxylic acid groups (broad SMARTS) is 1. The molecule has 0 atom stereocenters. The fraction of sp³-hybridized carbons (Fsp3) is 0.0714. The second-order valence-electron chi connectivity index (χ2n) is 3.81. The third-order valence-electron chi connectivity index (χ3n) is 2.47. The number of rotatable bonds is 3. The smallest absolute Gasteiger partial charge is 0.339 e. The minimum absolute atomic E-state index is 0.0690. The van der Waals surface area contributed by atoms with Gasteiger partial charge in [0.15, 0.2) is 0 Å². The lowest BCUT2D eigenvalue weighted by molar-refractivity contribution is 0.0694. The lowest BCUT2D eigenvalue weighted by atomic mass is 10.2. The molecular weight excluding hydrogens is 235 g/mol. The van der Waals surface area contributed by atoms with E-state index < -0.39 is 5.97 Å². The molecule has 0 saturated carbocycles. The van der Waals surface area contributed by atoms with Crippen LogP contribution in [-0.4, -0.2) is 11.1 Å². The van der Waals surface area contributed by atoms with Crippen molar-refractivity contribution < 1.29 is 19.0 Å². The molecule has 18 heavy (non-hydrogen) atoms. The molecule has 0 fully saturated rings. The SMILES string of the molecule is Cc1cc(Oc2ccccc2C(=O)O)ccc1F. The molecule has 0 saturated heterocycles. The maximum Gasteiger partial charge on any atom is 0.339 e. The monoisotopic (exact) mass is 246 g/mol. The number of carbonyl (C=O) groups is 1. The maximum atomic E-state index is 13.1. The Morgan fingerprint density at radius 2 is 1.94 bits per heavy atom. The van der Waals surface area contributed by atoms with E-state index in [1.54, 1.807) is 25.1 Å². The average molecular weight is 246 g/mol. The molecular formula is C14H11FO3. The number of ether oxygens (including phenoxy) is 1. The molecule has 0 heterocycles. The fourth-order valence-electron chi connectivity index (χ4n) is 1.54. The van der Waals surface area contributed by atoms with Crippen LogP contribution in [0.25, 0.3) is 0 Å². The van der Waals surface area contributed by atoms with Crippen molar-refractivity contribution in [2.75, 3.05) is 0 Å². The van der Waals surface area contributed by atoms with E-state index in [1.165, 1.54) is 24.3 Å². The molecule has 0 spiro atoms. The number of hydrogen-bond acceptors (Lipinski definition) is 2. The summed E-state index contributed by atoms with van der Waals surface area (Å²) in [7, 11) is 0. The molecule has 1 N–H and O–H groups in total. The second kappa shape index (κ2) is 4.87. The Balaban J connectivity index is 2.34. The first kappa shape index (κ1) is 12.1. The van der Waals surface area contributed by atoms with Crippen molar-refractivity contribution in [2.45, 2.75) is 6.92 Å². The molecule has 0 aliphatic heterocycles. The highest BCUT2D eigenvalue weighted by Gasteiger charge is 2.11. The lowest BCUT2D eigenvalue weighted by Gasteiger charge is -2.09. The highest BCUT2D eigenvalue weighted by Crippen LogP contribution is 2.26. The van der Waals surface area contributed by atoms with Gasteiger partial charge in [0.2, 0.25) is 0 Å². The fourth-order valence-corrected chi connectivity index (χ4v) is 1.54. The average Bonchev–Trinajstić information content (AvgIpc) is 2.34. The molecule has 2 aromatic rings. The molecule has 2 rings (SSSR count). The van der Waals surface area contributed by atoms with Gasteiger partial charge in [-0.15, -0.1) is 0 Å². The van der Waals surface area contributed by atoms with E-state index in [4.69, 9.17) is 9.84 Å². The van der Waals surface area contributed by atoms with Crippen molar-refractivity contribution in [3.8, 4) is 11.5 Å². The summed E-state index contributed by atoms with van der Waals surface area (Å²) >= 11 is 0. The molecule has 0 aromatic heterocycles. The minimum atomic E-state index is -1.07. The largest absolute Gasteiger partial charge is 0.478 e. The summed E-state index contributed by atoms with van der Waals surface area (Å²) in [5.41, 5.74) is 0.514. The van der Waals surface area contributed by atoms with Crippen molar-refractivity contribution in [3.63, 3.8) is 0 Å². The summed E-state index contributed by atoms with van der Waals surface area (Å²) in [5, 5.41) is 9.00. The molecule has 0 aliphatic rings. The molecule has 0 radical (unpaired) electrons. The van der Waals surface area contributed by atoms with Gasteiger partial charge in [-0.05, 0) is 42.8 Å². The standard InChI is InChI=1S/C14H11FO3/c1-9-8-10(6-7-12(9)15)18-13-5-3-2-4-11(13)14(16)17/h2-8H,1H3,(H,16,17). The second-order valence-corrected chi connectivity index (χ2v) is 3.81. The van der Waals surface area contributed by atoms with Crippen molar-refractivity contribution in [1.29, 1.82) is 0 Å². The van der Waals surface area contributed by atoms with Gasteiger partial charge in [-0.1, -0.05) is 12.1 Å². The van der Waals surface area contributed by atoms with E-state index in [2.05, 4.69) is 0 Å². The van der Waals surface area contributed by atoms with Gasteiger partial charge < -0.3 is 9.84 Å². The Hall–Kier alpha value is -2.36. The predicted molar refractivity (Wildman–Crippen MR) is 64.6 cm³/mol. The maximum absolute atomic E-state index is 13.1. The molecule has 0 bridgehead atoms. The van der Waals surface area contributed by atoms with E-state index in [9.17, 15) is 9.18 Å². The van der Waals surface area contributed by atoms with Crippen LogP contribution in [0.5, 0.6) is 11.5 Å². The van der Waals surface area contributed by atoms with Crippen LogP contribution in [0.2, 0.25) is 0 Å². The summed E-state index contributed by atoms with van der Waals surface area (Å²) in [6, 6.07) is 10.6. The number of benzene rings is 2. The van der Waals surface area contributed by atoms with Crippen LogP contribution < -0.4 is 4.74 Å². The van der Waals surface area contributed by atoms with E-state index in [0.29, 0.717) is 11.3 Å². The number of para-hydroxylation sites is 1. The van der Waals surface area contributed by atoms with Crippen LogP contribution in [0.3, 0.4) is 0 Å². The van der Waals surface area contributed by atoms with Gasteiger partial charge >= 0.3 is 5.97 Å². The predicted octanol–water partition coefficient (Wildman–Crippen LogP) is 3.62. The molecule has 2 aromatic carbocycles. The number of carboxylic acids is 1. The Bertz CT molecular complexity index is 593. The van der Waals surface area contributed by atoms with Crippen LogP contribution in [0.4, 0.5) is 4.39 Å². The summed E-state index contributed by atoms with van der Waals surface area (Å²) in [6.07, 6.45) is 0. The molecule has 4 heteroatoms. The van der Waals surface area contributed by atoms with Gasteiger partial charge in [0.1, 0.15) is 22.9 Å². The topological polar surface area (TPSA) is 46.5 Å². The minimum Gasteiger partial charge on any atom is -0.478 e. The molecule has 0 amide bonds. The molecule has 3 nitrogen and oxygen atoms in total. The van der Waals surface area contributed by atoms with Crippen molar-refractivity contribution in [3.05, 3.63) is 59.4 Å². The van der Waals surface area contributed by atoms with Gasteiger partial charge in [-0.3, -0.25) is 0 Å². The van der Waals surface area contributed by atoms with E-state index in [-0.39, 0.29) is 17.1 Å². The number of aryl methyl sites for hydroxylation is 1. The molecule has 92 valence electrons. The quantitative estimate of drug-likeness (QED) is 0.899. The number of hydrogen-bond donors (Lipinski definition) is 1. The van der Waals surface area contributed by atoms with Crippen molar-refractivity contribution in [1.82, 2.24) is 0 Å². The highest BCUT2D eigenvalue weighted by atomic mass is 19.1. The van der Waals surface area contributed by atoms with Crippen LogP contribution >= 0.6 is 0 Å². The van der Waals surface area contributed by atoms with E-state index in [1.807, 2.05) is 0 Å². The van der Waals surface area contributed by atoms with Gasteiger partial charge in [0.05, 0.1) is 0 Å². The number of halogens is 1. The van der Waals surface area contributed by atoms with Gasteiger partial charge in [-0.25, -0.2) is 9.18 Å². The van der Waals surface area contributed by atoms with Gasteiger partial charge in [0, 0.05) is 0 Å². The Morgan fingerprint density at radius 3 is 2.61 bits per heavy atom. The lowest BCUT2D eigenvalue weighted by Crippen LogP contribution is -1.99. The zero-order valence-electron chi connectivity index (χ0n) is 9.68. The van der Waals surface area contributed by atoms with E-state index in [0.717, 1.165) is 0 Å². The Labute approximate surface area is 103 Å². The third-order valence-corrected chi connectivity index (χ3v) is 2.47. The van der Waals surface area contributed by atoms with Crippen molar-refractivity contribution >= 4 is 5.97 Å². The summed E-state index contributed by atoms with van der Waals surface area (Å²) in [5.74, 6) is -0.753. The van der Waals surface area contributed by atoms with E-state index >= 15 is 0 Å². The first-order valence-corrected chi connectivity index (χ1v) is 5.34. The molecule has 0 unspecified atom stereocenters. The molecule has 0 aliphatic carbocycles. The van der Waals surface area contributed by atoms with Crippen LogP contribution in [0.15, 0.2) is 42.5 Å². The zero-order valence-corrected chi connectivity index (χ0v) is 9.68. The Morgan fingerprint density at radius 1 is 1.22 bits per heavy atom. The first-order chi connectivity index (χ1) is 8.58. The van der Waals surface area contributed by atoms with Gasteiger partial charge in [-0.2, -0.15) is 0 Å². The summed E-state index contributed by atoms with van der Waals surface area (Å²) in [6.45, 7) is 1.62. The highest BCUT2D eigenvalue weighted by molar-refractivity contribution is 5.90. The number of aromatic carboxylic acids is 1. The van der Waals surface area contributed by atoms with Crippen molar-refractivity contribution in [2.24, 2.45) is 0 Å².